The van der Waals surface area contributed by atoms with Crippen LogP contribution in [0.4, 0.5) is 4.79 Å². The number of ketones is 1. The number of aliphatic hydroxyl groups is 1. The van der Waals surface area contributed by atoms with E-state index in [1.165, 1.54) is 63.8 Å². The Morgan fingerprint density at radius 1 is 0.755 bits per heavy atom. The van der Waals surface area contributed by atoms with E-state index in [0.29, 0.717) is 23.5 Å². The molecular formula is C40H62NO11P. The first kappa shape index (κ1) is 46.0. The van der Waals surface area contributed by atoms with E-state index in [1.807, 2.05) is 6.07 Å². The second kappa shape index (κ2) is 27.5. The zero-order chi connectivity index (χ0) is 38.7. The number of nitrogens with zero attached hydrogens (tertiary/aromatic N) is 1. The molecule has 1 unspecified atom stereocenters. The minimum atomic E-state index is -4.58. The average Bonchev–Trinajstić information content (AvgIpc) is 3.15. The van der Waals surface area contributed by atoms with E-state index in [-0.39, 0.29) is 31.7 Å². The Bertz CT molecular complexity index is 1350. The zero-order valence-electron chi connectivity index (χ0n) is 31.7. The van der Waals surface area contributed by atoms with Crippen molar-refractivity contribution >= 4 is 30.7 Å². The molecular weight excluding hydrogens is 701 g/mol. The van der Waals surface area contributed by atoms with Gasteiger partial charge in [0, 0.05) is 26.6 Å². The molecule has 0 aliphatic heterocycles. The van der Waals surface area contributed by atoms with Crippen molar-refractivity contribution in [3.8, 4) is 0 Å². The number of amides is 1. The van der Waals surface area contributed by atoms with Gasteiger partial charge in [-0.05, 0) is 42.5 Å². The summed E-state index contributed by atoms with van der Waals surface area (Å²) in [6.07, 6.45) is 14.5. The smallest absolute Gasteiger partial charge is 0.411 e. The van der Waals surface area contributed by atoms with E-state index in [1.54, 1.807) is 30.3 Å². The number of hydrogen-bond acceptors (Lipinski definition) is 9. The fourth-order valence-electron chi connectivity index (χ4n) is 5.75. The first-order chi connectivity index (χ1) is 25.6. The van der Waals surface area contributed by atoms with Gasteiger partial charge in [0.25, 0.3) is 0 Å². The summed E-state index contributed by atoms with van der Waals surface area (Å²) in [5.74, 6) is -0.482. The highest BCUT2D eigenvalue weighted by Crippen LogP contribution is 2.33. The van der Waals surface area contributed by atoms with Crippen LogP contribution in [0, 0.1) is 0 Å². The monoisotopic (exact) mass is 763 g/mol. The molecule has 0 radical (unpaired) electrons. The Kier molecular flexibility index (Phi) is 23.9. The zero-order valence-corrected chi connectivity index (χ0v) is 32.6. The lowest BCUT2D eigenvalue weighted by Gasteiger charge is -2.29. The fourth-order valence-corrected chi connectivity index (χ4v) is 6.36. The Labute approximate surface area is 315 Å². The van der Waals surface area contributed by atoms with E-state index < -0.39 is 38.4 Å². The van der Waals surface area contributed by atoms with E-state index in [9.17, 15) is 33.8 Å². The maximum absolute atomic E-state index is 13.3. The Balaban J connectivity index is 1.73. The van der Waals surface area contributed by atoms with Crippen molar-refractivity contribution in [1.29, 1.82) is 0 Å². The average molecular weight is 764 g/mol. The number of carbonyl (C=O) groups is 3. The lowest BCUT2D eigenvalue weighted by atomic mass is 10.0. The minimum absolute atomic E-state index is 0.0988. The van der Waals surface area contributed by atoms with Crippen LogP contribution in [0.1, 0.15) is 114 Å². The van der Waals surface area contributed by atoms with Crippen molar-refractivity contribution < 1.29 is 52.8 Å². The predicted molar refractivity (Wildman–Crippen MR) is 204 cm³/mol. The number of unbranched alkanes of at least 4 members (excludes halogenated alkanes) is 11. The van der Waals surface area contributed by atoms with Crippen LogP contribution in [0.2, 0.25) is 0 Å². The molecule has 0 fully saturated rings. The van der Waals surface area contributed by atoms with Gasteiger partial charge in [0.1, 0.15) is 25.1 Å². The summed E-state index contributed by atoms with van der Waals surface area (Å²) < 4.78 is 33.9. The highest BCUT2D eigenvalue weighted by atomic mass is 31.2. The number of esters is 1. The number of aliphatic hydroxyl groups excluding tert-OH is 1. The van der Waals surface area contributed by atoms with E-state index in [2.05, 4.69) is 6.92 Å². The summed E-state index contributed by atoms with van der Waals surface area (Å²) in [7, 11) is -3.11. The number of hydrogen-bond donors (Lipinski definition) is 3. The van der Waals surface area contributed by atoms with Crippen LogP contribution in [0.3, 0.4) is 0 Å². The largest absolute Gasteiger partial charge is 0.461 e. The topological polar surface area (TPSA) is 169 Å². The number of carbonyl (C=O) groups excluding carboxylic acids is 3. The van der Waals surface area contributed by atoms with Crippen LogP contribution < -0.4 is 5.30 Å². The molecule has 298 valence electrons. The van der Waals surface area contributed by atoms with Crippen LogP contribution in [-0.2, 0) is 46.3 Å². The minimum Gasteiger partial charge on any atom is -0.461 e. The predicted octanol–water partition coefficient (Wildman–Crippen LogP) is 7.00. The van der Waals surface area contributed by atoms with Crippen LogP contribution in [0.15, 0.2) is 54.6 Å². The molecule has 0 bridgehead atoms. The van der Waals surface area contributed by atoms with Gasteiger partial charge in [0.2, 0.25) is 0 Å². The molecule has 1 amide bonds. The van der Waals surface area contributed by atoms with Gasteiger partial charge in [-0.15, -0.1) is 0 Å². The van der Waals surface area contributed by atoms with Gasteiger partial charge in [0.05, 0.1) is 25.1 Å². The normalized spacial score (nSPS) is 12.6. The molecule has 0 aliphatic carbocycles. The van der Waals surface area contributed by atoms with Crippen molar-refractivity contribution in [2.75, 3.05) is 33.5 Å². The van der Waals surface area contributed by atoms with Crippen molar-refractivity contribution in [3.63, 3.8) is 0 Å². The molecule has 2 aromatic rings. The number of Topliss-reactive ketones (excluding diaryl/α,β-unsaturated/α-hetero) is 1. The summed E-state index contributed by atoms with van der Waals surface area (Å²) in [6, 6.07) is 12.9. The molecule has 2 atom stereocenters. The molecule has 53 heavy (non-hydrogen) atoms. The van der Waals surface area contributed by atoms with Crippen LogP contribution >= 0.6 is 7.60 Å². The molecule has 0 heterocycles. The fraction of sp³-hybridized carbons (Fsp3) is 0.625. The van der Waals surface area contributed by atoms with Gasteiger partial charge < -0.3 is 33.8 Å². The van der Waals surface area contributed by atoms with Crippen LogP contribution in [-0.4, -0.2) is 83.3 Å². The quantitative estimate of drug-likeness (QED) is 0.0425. The third kappa shape index (κ3) is 20.2. The summed E-state index contributed by atoms with van der Waals surface area (Å²) in [5, 5.41) is 9.97. The number of benzene rings is 2. The van der Waals surface area contributed by atoms with Crippen molar-refractivity contribution in [2.45, 2.75) is 129 Å². The summed E-state index contributed by atoms with van der Waals surface area (Å²) in [6.45, 7) is 1.55. The highest BCUT2D eigenvalue weighted by Gasteiger charge is 2.33. The number of methoxy groups -OCH3 is 1. The SMILES string of the molecule is CCCCCCC(=O)CCCCCCCCCCCOCC(COC(=O)[C@H](CO)N(Cc1cccc(P(=O)(O)O)c1)C(=O)OCc1ccccc1)OC. The molecule has 0 saturated carbocycles. The maximum Gasteiger partial charge on any atom is 0.411 e. The van der Waals surface area contributed by atoms with Gasteiger partial charge in [-0.3, -0.25) is 14.3 Å². The molecule has 2 rings (SSSR count). The standard InChI is InChI=1S/C40H62NO11P/c1-3-4-5-16-23-35(43)24-17-11-9-7-6-8-10-12-18-26-50-31-36(49-2)32-51-39(44)38(29-42)41(40(45)52-30-33-20-14-13-15-21-33)28-34-22-19-25-37(27-34)53(46,47)48/h13-15,19-22,25,27,36,38,42H,3-12,16-18,23-24,26,28-32H2,1-2H3,(H2,46,47,48)/t36?,38-/m0/s1. The van der Waals surface area contributed by atoms with Crippen molar-refractivity contribution in [3.05, 3.63) is 65.7 Å². The third-order valence-electron chi connectivity index (χ3n) is 8.96. The molecule has 0 saturated heterocycles. The van der Waals surface area contributed by atoms with Crippen molar-refractivity contribution in [2.24, 2.45) is 0 Å². The molecule has 3 N–H and O–H groups in total. The first-order valence-corrected chi connectivity index (χ1v) is 20.7. The second-order valence-electron chi connectivity index (χ2n) is 13.4. The molecule has 2 aromatic carbocycles. The Hall–Kier alpha value is -3.12. The second-order valence-corrected chi connectivity index (χ2v) is 15.0. The van der Waals surface area contributed by atoms with Gasteiger partial charge >= 0.3 is 19.7 Å². The first-order valence-electron chi connectivity index (χ1n) is 19.1. The summed E-state index contributed by atoms with van der Waals surface area (Å²) in [4.78, 5) is 58.7. The van der Waals surface area contributed by atoms with E-state index in [4.69, 9.17) is 18.9 Å². The van der Waals surface area contributed by atoms with Gasteiger partial charge in [-0.1, -0.05) is 114 Å². The Morgan fingerprint density at radius 3 is 1.96 bits per heavy atom. The Morgan fingerprint density at radius 2 is 1.36 bits per heavy atom. The third-order valence-corrected chi connectivity index (χ3v) is 9.91. The van der Waals surface area contributed by atoms with Crippen LogP contribution in [0.5, 0.6) is 0 Å². The van der Waals surface area contributed by atoms with Crippen LogP contribution in [0.25, 0.3) is 0 Å². The maximum atomic E-state index is 13.3. The number of ether oxygens (including phenoxy) is 4. The van der Waals surface area contributed by atoms with E-state index >= 15 is 0 Å². The lowest BCUT2D eigenvalue weighted by molar-refractivity contribution is -0.156. The molecule has 0 spiro atoms. The van der Waals surface area contributed by atoms with E-state index in [0.717, 1.165) is 62.7 Å². The van der Waals surface area contributed by atoms with Gasteiger partial charge in [-0.25, -0.2) is 9.59 Å². The van der Waals surface area contributed by atoms with Gasteiger partial charge in [0.15, 0.2) is 6.04 Å². The van der Waals surface area contributed by atoms with Crippen molar-refractivity contribution in [1.82, 2.24) is 4.90 Å². The molecule has 0 aromatic heterocycles. The summed E-state index contributed by atoms with van der Waals surface area (Å²) >= 11 is 0. The van der Waals surface area contributed by atoms with Gasteiger partial charge in [-0.2, -0.15) is 0 Å². The molecule has 0 aliphatic rings. The summed E-state index contributed by atoms with van der Waals surface area (Å²) in [5.41, 5.74) is 1.01. The lowest BCUT2D eigenvalue weighted by Crippen LogP contribution is -2.48. The number of rotatable bonds is 30. The highest BCUT2D eigenvalue weighted by molar-refractivity contribution is 7.60. The molecule has 12 nitrogen and oxygen atoms in total. The molecule has 13 heteroatoms.